The predicted molar refractivity (Wildman–Crippen MR) is 101 cm³/mol. The summed E-state index contributed by atoms with van der Waals surface area (Å²) in [4.78, 5) is 25.6. The molecule has 0 aromatic heterocycles. The van der Waals surface area contributed by atoms with Crippen LogP contribution in [0, 0.1) is 5.41 Å². The monoisotopic (exact) mass is 378 g/mol. The number of nitrogens with one attached hydrogen (secondary N) is 2. The van der Waals surface area contributed by atoms with Gasteiger partial charge in [-0.15, -0.1) is 0 Å². The largest absolute Gasteiger partial charge is 0.351 e. The molecule has 3 rings (SSSR count). The van der Waals surface area contributed by atoms with Crippen LogP contribution in [0.5, 0.6) is 0 Å². The van der Waals surface area contributed by atoms with Gasteiger partial charge in [-0.05, 0) is 43.2 Å². The van der Waals surface area contributed by atoms with Crippen LogP contribution in [0.4, 0.5) is 5.69 Å². The van der Waals surface area contributed by atoms with E-state index in [9.17, 15) is 18.0 Å². The normalized spacial score (nSPS) is 22.6. The molecule has 1 aromatic rings. The summed E-state index contributed by atoms with van der Waals surface area (Å²) >= 11 is 0. The Morgan fingerprint density at radius 3 is 2.19 bits per heavy atom. The second kappa shape index (κ2) is 7.02. The Morgan fingerprint density at radius 2 is 1.73 bits per heavy atom. The molecule has 1 aliphatic carbocycles. The number of sulfone groups is 1. The van der Waals surface area contributed by atoms with Gasteiger partial charge in [-0.1, -0.05) is 32.0 Å². The van der Waals surface area contributed by atoms with E-state index in [1.807, 2.05) is 32.0 Å². The molecule has 1 aliphatic heterocycles. The molecular formula is C19H26N2O4S. The molecule has 6 nitrogen and oxygen atoms in total. The molecule has 1 aromatic carbocycles. The van der Waals surface area contributed by atoms with Crippen LogP contribution in [0.25, 0.3) is 0 Å². The number of hydrogen-bond acceptors (Lipinski definition) is 4. The van der Waals surface area contributed by atoms with E-state index in [1.165, 1.54) is 0 Å². The average Bonchev–Trinajstić information content (AvgIpc) is 3.35. The third-order valence-electron chi connectivity index (χ3n) is 5.42. The van der Waals surface area contributed by atoms with Gasteiger partial charge in [-0.3, -0.25) is 9.59 Å². The van der Waals surface area contributed by atoms with Crippen molar-refractivity contribution in [3.05, 3.63) is 29.3 Å². The van der Waals surface area contributed by atoms with Gasteiger partial charge in [0.15, 0.2) is 9.84 Å². The van der Waals surface area contributed by atoms with Gasteiger partial charge in [-0.25, -0.2) is 8.42 Å². The van der Waals surface area contributed by atoms with Gasteiger partial charge in [0.2, 0.25) is 11.8 Å². The molecule has 0 spiro atoms. The molecule has 142 valence electrons. The minimum Gasteiger partial charge on any atom is -0.351 e. The number of para-hydroxylation sites is 1. The molecule has 0 bridgehead atoms. The highest BCUT2D eigenvalue weighted by Crippen LogP contribution is 2.47. The summed E-state index contributed by atoms with van der Waals surface area (Å²) in [6.07, 6.45) is 3.01. The summed E-state index contributed by atoms with van der Waals surface area (Å²) in [6, 6.07) is 5.56. The van der Waals surface area contributed by atoms with Crippen LogP contribution in [0.2, 0.25) is 0 Å². The topological polar surface area (TPSA) is 92.3 Å². The number of hydrogen-bond donors (Lipinski definition) is 2. The quantitative estimate of drug-likeness (QED) is 0.739. The highest BCUT2D eigenvalue weighted by Gasteiger charge is 2.57. The summed E-state index contributed by atoms with van der Waals surface area (Å²) in [5, 5.41) is 5.77. The Balaban J connectivity index is 1.73. The molecule has 0 radical (unpaired) electrons. The fourth-order valence-electron chi connectivity index (χ4n) is 3.55. The predicted octanol–water partition coefficient (Wildman–Crippen LogP) is 1.83. The zero-order chi connectivity index (χ0) is 18.9. The van der Waals surface area contributed by atoms with Crippen molar-refractivity contribution in [2.75, 3.05) is 16.8 Å². The molecule has 2 aliphatic rings. The molecule has 7 heteroatoms. The first-order valence-electron chi connectivity index (χ1n) is 9.25. The Morgan fingerprint density at radius 1 is 1.12 bits per heavy atom. The van der Waals surface area contributed by atoms with Crippen molar-refractivity contribution < 1.29 is 18.0 Å². The van der Waals surface area contributed by atoms with Crippen LogP contribution < -0.4 is 10.6 Å². The third-order valence-corrected chi connectivity index (χ3v) is 7.19. The van der Waals surface area contributed by atoms with Gasteiger partial charge in [-0.2, -0.15) is 0 Å². The lowest BCUT2D eigenvalue weighted by atomic mass is 10.00. The second-order valence-electron chi connectivity index (χ2n) is 7.27. The van der Waals surface area contributed by atoms with Gasteiger partial charge in [0, 0.05) is 11.7 Å². The molecule has 2 fully saturated rings. The van der Waals surface area contributed by atoms with Crippen molar-refractivity contribution in [1.82, 2.24) is 5.32 Å². The van der Waals surface area contributed by atoms with Crippen LogP contribution >= 0.6 is 0 Å². The van der Waals surface area contributed by atoms with Crippen LogP contribution in [-0.4, -0.2) is 37.8 Å². The second-order valence-corrected chi connectivity index (χ2v) is 9.50. The van der Waals surface area contributed by atoms with Gasteiger partial charge in [0.05, 0.1) is 11.5 Å². The molecule has 1 heterocycles. The van der Waals surface area contributed by atoms with Gasteiger partial charge < -0.3 is 10.6 Å². The highest BCUT2D eigenvalue weighted by molar-refractivity contribution is 7.91. The summed E-state index contributed by atoms with van der Waals surface area (Å²) in [6.45, 7) is 4.06. The first-order valence-corrected chi connectivity index (χ1v) is 11.1. The molecule has 2 amide bonds. The van der Waals surface area contributed by atoms with Gasteiger partial charge in [0.25, 0.3) is 0 Å². The number of rotatable bonds is 6. The highest BCUT2D eigenvalue weighted by atomic mass is 32.2. The molecular weight excluding hydrogens is 352 g/mol. The van der Waals surface area contributed by atoms with Crippen LogP contribution in [0.3, 0.4) is 0 Å². The van der Waals surface area contributed by atoms with E-state index in [0.717, 1.165) is 29.7 Å². The van der Waals surface area contributed by atoms with Gasteiger partial charge >= 0.3 is 0 Å². The van der Waals surface area contributed by atoms with Crippen molar-refractivity contribution in [2.24, 2.45) is 5.41 Å². The maximum absolute atomic E-state index is 12.9. The third kappa shape index (κ3) is 3.63. The van der Waals surface area contributed by atoms with E-state index >= 15 is 0 Å². The van der Waals surface area contributed by atoms with E-state index in [0.29, 0.717) is 19.3 Å². The lowest BCUT2D eigenvalue weighted by molar-refractivity contribution is -0.134. The molecule has 1 saturated carbocycles. The summed E-state index contributed by atoms with van der Waals surface area (Å²) in [7, 11) is -3.07. The number of anilines is 1. The average molecular weight is 378 g/mol. The Kier molecular flexibility index (Phi) is 5.10. The van der Waals surface area contributed by atoms with Crippen LogP contribution in [-0.2, 0) is 32.3 Å². The van der Waals surface area contributed by atoms with Crippen molar-refractivity contribution in [1.29, 1.82) is 0 Å². The minimum atomic E-state index is -3.07. The Labute approximate surface area is 154 Å². The maximum Gasteiger partial charge on any atom is 0.240 e. The SMILES string of the molecule is CCc1cccc(CC)c1NC(=O)C1(C(=O)NC2CCS(=O)(=O)C2)CC1. The van der Waals surface area contributed by atoms with Crippen LogP contribution in [0.15, 0.2) is 18.2 Å². The van der Waals surface area contributed by atoms with E-state index in [1.54, 1.807) is 0 Å². The van der Waals surface area contributed by atoms with E-state index < -0.39 is 15.3 Å². The van der Waals surface area contributed by atoms with E-state index in [4.69, 9.17) is 0 Å². The van der Waals surface area contributed by atoms with E-state index in [2.05, 4.69) is 10.6 Å². The molecule has 1 unspecified atom stereocenters. The number of aryl methyl sites for hydroxylation is 2. The Hall–Kier alpha value is -1.89. The van der Waals surface area contributed by atoms with E-state index in [-0.39, 0.29) is 29.4 Å². The first-order chi connectivity index (χ1) is 12.3. The zero-order valence-electron chi connectivity index (χ0n) is 15.3. The number of carbonyl (C=O) groups excluding carboxylic acids is 2. The van der Waals surface area contributed by atoms with Gasteiger partial charge in [0.1, 0.15) is 5.41 Å². The van der Waals surface area contributed by atoms with Crippen molar-refractivity contribution in [2.45, 2.75) is 52.0 Å². The van der Waals surface area contributed by atoms with Crippen molar-refractivity contribution in [3.8, 4) is 0 Å². The fraction of sp³-hybridized carbons (Fsp3) is 0.579. The lowest BCUT2D eigenvalue weighted by Gasteiger charge is -2.20. The number of carbonyl (C=O) groups is 2. The lowest BCUT2D eigenvalue weighted by Crippen LogP contribution is -2.45. The first kappa shape index (κ1) is 18.9. The minimum absolute atomic E-state index is 0.0326. The smallest absolute Gasteiger partial charge is 0.240 e. The summed E-state index contributed by atoms with van der Waals surface area (Å²) in [5.41, 5.74) is 1.86. The molecule has 2 N–H and O–H groups in total. The molecule has 26 heavy (non-hydrogen) atoms. The number of amides is 2. The summed E-state index contributed by atoms with van der Waals surface area (Å²) < 4.78 is 23.1. The maximum atomic E-state index is 12.9. The molecule has 1 atom stereocenters. The standard InChI is InChI=1S/C19H26N2O4S/c1-3-13-6-5-7-14(4-2)16(13)21-18(23)19(9-10-19)17(22)20-15-8-11-26(24,25)12-15/h5-7,15H,3-4,8-12H2,1-2H3,(H,20,22)(H,21,23). The summed E-state index contributed by atoms with van der Waals surface area (Å²) in [5.74, 6) is -0.564. The van der Waals surface area contributed by atoms with Crippen LogP contribution in [0.1, 0.15) is 44.2 Å². The van der Waals surface area contributed by atoms with Crippen molar-refractivity contribution in [3.63, 3.8) is 0 Å². The zero-order valence-corrected chi connectivity index (χ0v) is 16.1. The number of benzene rings is 1. The Bertz CT molecular complexity index is 806. The van der Waals surface area contributed by atoms with Crippen molar-refractivity contribution >= 4 is 27.3 Å². The fourth-order valence-corrected chi connectivity index (χ4v) is 5.22. The molecule has 1 saturated heterocycles.